The molecule has 0 spiro atoms. The van der Waals surface area contributed by atoms with Gasteiger partial charge in [-0.3, -0.25) is 10.1 Å². The van der Waals surface area contributed by atoms with Crippen LogP contribution in [0.3, 0.4) is 0 Å². The number of ether oxygens (including phenoxy) is 2. The summed E-state index contributed by atoms with van der Waals surface area (Å²) in [4.78, 5) is 41.4. The van der Waals surface area contributed by atoms with E-state index < -0.39 is 39.9 Å². The standard InChI is InChI=1S/C28H29F3N4O7/c1-27(2,3)42-26(38)34(14-13-22-23(35(39)40)11-12-24(33-22)41-4)16-17-7-5-6-8-20(17)32-21-10-9-18(28(29,30)31)15-19(21)25(36)37/h5-12,15,32H,13-14,16H2,1-4H3,(H,36,37). The molecule has 0 saturated carbocycles. The van der Waals surface area contributed by atoms with Crippen LogP contribution < -0.4 is 10.1 Å². The molecule has 2 aromatic carbocycles. The molecule has 1 heterocycles. The summed E-state index contributed by atoms with van der Waals surface area (Å²) in [7, 11) is 1.36. The maximum absolute atomic E-state index is 13.2. The summed E-state index contributed by atoms with van der Waals surface area (Å²) in [5.41, 5.74) is -2.07. The molecule has 1 amide bonds. The van der Waals surface area contributed by atoms with E-state index in [0.717, 1.165) is 12.1 Å². The van der Waals surface area contributed by atoms with Crippen molar-refractivity contribution in [1.82, 2.24) is 9.88 Å². The number of hydrogen-bond donors (Lipinski definition) is 2. The number of alkyl halides is 3. The molecule has 42 heavy (non-hydrogen) atoms. The highest BCUT2D eigenvalue weighted by molar-refractivity contribution is 5.95. The van der Waals surface area contributed by atoms with Crippen LogP contribution in [0.25, 0.3) is 0 Å². The van der Waals surface area contributed by atoms with Crippen LogP contribution in [0.5, 0.6) is 5.88 Å². The van der Waals surface area contributed by atoms with Gasteiger partial charge in [0.2, 0.25) is 5.88 Å². The average molecular weight is 591 g/mol. The number of nitro groups is 1. The van der Waals surface area contributed by atoms with Crippen LogP contribution in [-0.4, -0.2) is 51.2 Å². The zero-order valence-corrected chi connectivity index (χ0v) is 23.2. The molecule has 0 aliphatic heterocycles. The average Bonchev–Trinajstić information content (AvgIpc) is 2.90. The van der Waals surface area contributed by atoms with E-state index in [1.807, 2.05) is 0 Å². The van der Waals surface area contributed by atoms with Crippen molar-refractivity contribution >= 4 is 29.1 Å². The van der Waals surface area contributed by atoms with Crippen LogP contribution in [0.1, 0.15) is 48.0 Å². The Morgan fingerprint density at radius 2 is 1.76 bits per heavy atom. The smallest absolute Gasteiger partial charge is 0.416 e. The molecule has 3 rings (SSSR count). The minimum absolute atomic E-state index is 0.0373. The lowest BCUT2D eigenvalue weighted by molar-refractivity contribution is -0.386. The van der Waals surface area contributed by atoms with E-state index in [4.69, 9.17) is 9.47 Å². The Morgan fingerprint density at radius 1 is 1.07 bits per heavy atom. The third kappa shape index (κ3) is 8.32. The van der Waals surface area contributed by atoms with E-state index in [1.165, 1.54) is 24.1 Å². The van der Waals surface area contributed by atoms with Crippen LogP contribution >= 0.6 is 0 Å². The molecule has 2 N–H and O–H groups in total. The number of aromatic nitrogens is 1. The van der Waals surface area contributed by atoms with Crippen molar-refractivity contribution in [3.05, 3.63) is 87.1 Å². The fourth-order valence-corrected chi connectivity index (χ4v) is 3.88. The number of anilines is 2. The van der Waals surface area contributed by atoms with Crippen molar-refractivity contribution < 1.29 is 42.3 Å². The largest absolute Gasteiger partial charge is 0.481 e. The van der Waals surface area contributed by atoms with Gasteiger partial charge in [0, 0.05) is 30.8 Å². The molecule has 0 fully saturated rings. The first kappa shape index (κ1) is 31.6. The molecule has 0 aliphatic carbocycles. The van der Waals surface area contributed by atoms with Gasteiger partial charge in [0.05, 0.1) is 35.4 Å². The SMILES string of the molecule is COc1ccc([N+](=O)[O-])c(CCN(Cc2ccccc2Nc2ccc(C(F)(F)F)cc2C(=O)O)C(=O)OC(C)(C)C)n1. The number of carboxylic acids is 1. The van der Waals surface area contributed by atoms with Gasteiger partial charge in [-0.05, 0) is 50.6 Å². The molecule has 0 aliphatic rings. The molecule has 0 unspecified atom stereocenters. The third-order valence-electron chi connectivity index (χ3n) is 5.83. The van der Waals surface area contributed by atoms with Gasteiger partial charge < -0.3 is 24.8 Å². The van der Waals surface area contributed by atoms with Gasteiger partial charge >= 0.3 is 18.2 Å². The van der Waals surface area contributed by atoms with Gasteiger partial charge in [-0.25, -0.2) is 14.6 Å². The number of hydrogen-bond acceptors (Lipinski definition) is 8. The van der Waals surface area contributed by atoms with Crippen LogP contribution in [-0.2, 0) is 23.9 Å². The fourth-order valence-electron chi connectivity index (χ4n) is 3.88. The summed E-state index contributed by atoms with van der Waals surface area (Å²) in [5, 5.41) is 24.0. The minimum atomic E-state index is -4.73. The van der Waals surface area contributed by atoms with E-state index in [9.17, 15) is 38.0 Å². The molecule has 0 atom stereocenters. The summed E-state index contributed by atoms with van der Waals surface area (Å²) >= 11 is 0. The second-order valence-corrected chi connectivity index (χ2v) is 10.1. The third-order valence-corrected chi connectivity index (χ3v) is 5.83. The van der Waals surface area contributed by atoms with Crippen LogP contribution in [0, 0.1) is 10.1 Å². The van der Waals surface area contributed by atoms with Gasteiger partial charge in [0.15, 0.2) is 0 Å². The van der Waals surface area contributed by atoms with E-state index in [2.05, 4.69) is 10.3 Å². The lowest BCUT2D eigenvalue weighted by Gasteiger charge is -2.28. The van der Waals surface area contributed by atoms with Gasteiger partial charge in [-0.2, -0.15) is 13.2 Å². The van der Waals surface area contributed by atoms with Crippen molar-refractivity contribution in [3.8, 4) is 5.88 Å². The van der Waals surface area contributed by atoms with Crippen molar-refractivity contribution in [2.75, 3.05) is 19.0 Å². The Kier molecular flexibility index (Phi) is 9.60. The number of aromatic carboxylic acids is 1. The predicted octanol–water partition coefficient (Wildman–Crippen LogP) is 6.44. The zero-order valence-electron chi connectivity index (χ0n) is 23.2. The highest BCUT2D eigenvalue weighted by Gasteiger charge is 2.32. The molecule has 3 aromatic rings. The highest BCUT2D eigenvalue weighted by atomic mass is 19.4. The maximum atomic E-state index is 13.2. The molecular formula is C28H29F3N4O7. The highest BCUT2D eigenvalue weighted by Crippen LogP contribution is 2.33. The number of para-hydroxylation sites is 1. The van der Waals surface area contributed by atoms with Gasteiger partial charge in [0.25, 0.3) is 5.69 Å². The molecule has 0 bridgehead atoms. The lowest BCUT2D eigenvalue weighted by atomic mass is 10.1. The second kappa shape index (κ2) is 12.7. The molecule has 1 aromatic heterocycles. The number of nitrogens with one attached hydrogen (secondary N) is 1. The topological polar surface area (TPSA) is 144 Å². The van der Waals surface area contributed by atoms with E-state index in [0.29, 0.717) is 17.3 Å². The first-order valence-corrected chi connectivity index (χ1v) is 12.5. The van der Waals surface area contributed by atoms with Crippen molar-refractivity contribution in [1.29, 1.82) is 0 Å². The molecule has 0 saturated heterocycles. The number of carbonyl (C=O) groups excluding carboxylic acids is 1. The van der Waals surface area contributed by atoms with Crippen LogP contribution in [0.15, 0.2) is 54.6 Å². The molecule has 224 valence electrons. The summed E-state index contributed by atoms with van der Waals surface area (Å²) in [6.45, 7) is 4.85. The summed E-state index contributed by atoms with van der Waals surface area (Å²) < 4.78 is 50.2. The number of carboxylic acid groups (broad SMARTS) is 1. The normalized spacial score (nSPS) is 11.5. The number of benzene rings is 2. The Labute approximate surface area is 239 Å². The number of pyridine rings is 1. The predicted molar refractivity (Wildman–Crippen MR) is 146 cm³/mol. The number of amides is 1. The first-order valence-electron chi connectivity index (χ1n) is 12.5. The van der Waals surface area contributed by atoms with E-state index in [-0.39, 0.29) is 42.5 Å². The fraction of sp³-hybridized carbons (Fsp3) is 0.321. The Balaban J connectivity index is 1.95. The van der Waals surface area contributed by atoms with E-state index >= 15 is 0 Å². The number of nitrogens with zero attached hydrogens (tertiary/aromatic N) is 3. The molecule has 14 heteroatoms. The van der Waals surface area contributed by atoms with Gasteiger partial charge in [0.1, 0.15) is 11.3 Å². The summed E-state index contributed by atoms with van der Waals surface area (Å²) in [6.07, 6.45) is -5.50. The molecule has 0 radical (unpaired) electrons. The van der Waals surface area contributed by atoms with Gasteiger partial charge in [-0.15, -0.1) is 0 Å². The first-order chi connectivity index (χ1) is 19.6. The van der Waals surface area contributed by atoms with Crippen LogP contribution in [0.4, 0.5) is 35.0 Å². The number of methoxy groups -OCH3 is 1. The lowest BCUT2D eigenvalue weighted by Crippen LogP contribution is -2.38. The number of rotatable bonds is 10. The number of carbonyl (C=O) groups is 2. The Hall–Kier alpha value is -4.88. The van der Waals surface area contributed by atoms with Crippen molar-refractivity contribution in [2.45, 2.75) is 45.5 Å². The second-order valence-electron chi connectivity index (χ2n) is 10.1. The molecular weight excluding hydrogens is 561 g/mol. The minimum Gasteiger partial charge on any atom is -0.481 e. The number of halogens is 3. The van der Waals surface area contributed by atoms with E-state index in [1.54, 1.807) is 45.0 Å². The summed E-state index contributed by atoms with van der Waals surface area (Å²) in [5.74, 6) is -1.41. The summed E-state index contributed by atoms with van der Waals surface area (Å²) in [6, 6.07) is 11.4. The Bertz CT molecular complexity index is 1470. The van der Waals surface area contributed by atoms with Crippen molar-refractivity contribution in [2.24, 2.45) is 0 Å². The zero-order chi connectivity index (χ0) is 31.2. The molecule has 11 nitrogen and oxygen atoms in total. The van der Waals surface area contributed by atoms with Crippen molar-refractivity contribution in [3.63, 3.8) is 0 Å². The maximum Gasteiger partial charge on any atom is 0.416 e. The monoisotopic (exact) mass is 590 g/mol. The Morgan fingerprint density at radius 3 is 2.36 bits per heavy atom. The quantitative estimate of drug-likeness (QED) is 0.201. The van der Waals surface area contributed by atoms with Crippen LogP contribution in [0.2, 0.25) is 0 Å². The van der Waals surface area contributed by atoms with Gasteiger partial charge in [-0.1, -0.05) is 18.2 Å².